The molecule has 1 aromatic carbocycles. The highest BCUT2D eigenvalue weighted by Crippen LogP contribution is 2.50. The van der Waals surface area contributed by atoms with E-state index >= 15 is 0 Å². The molecule has 0 aromatic heterocycles. The van der Waals surface area contributed by atoms with Crippen molar-refractivity contribution >= 4 is 5.97 Å². The average molecular weight is 245 g/mol. The number of esters is 1. The summed E-state index contributed by atoms with van der Waals surface area (Å²) >= 11 is 0. The van der Waals surface area contributed by atoms with Gasteiger partial charge in [-0.25, -0.2) is 0 Å². The molecule has 2 aliphatic heterocycles. The Labute approximate surface area is 108 Å². The third-order valence-corrected chi connectivity index (χ3v) is 4.68. The lowest BCUT2D eigenvalue weighted by atomic mass is 9.75. The first-order valence-corrected chi connectivity index (χ1v) is 6.58. The Kier molecular flexibility index (Phi) is 2.86. The molecule has 3 heteroatoms. The minimum absolute atomic E-state index is 0.00106. The van der Waals surface area contributed by atoms with Crippen molar-refractivity contribution in [1.29, 1.82) is 0 Å². The molecule has 0 spiro atoms. The number of rotatable bonds is 2. The number of carbonyl (C=O) groups excluding carboxylic acids is 1. The van der Waals surface area contributed by atoms with Crippen LogP contribution in [0.3, 0.4) is 0 Å². The van der Waals surface area contributed by atoms with Gasteiger partial charge >= 0.3 is 5.97 Å². The summed E-state index contributed by atoms with van der Waals surface area (Å²) < 4.78 is 5.02. The minimum atomic E-state index is -0.0529. The highest BCUT2D eigenvalue weighted by molar-refractivity contribution is 5.75. The fourth-order valence-electron chi connectivity index (χ4n) is 3.88. The number of benzene rings is 1. The van der Waals surface area contributed by atoms with Gasteiger partial charge in [-0.3, -0.25) is 9.69 Å². The summed E-state index contributed by atoms with van der Waals surface area (Å²) in [6.07, 6.45) is 2.30. The van der Waals surface area contributed by atoms with Gasteiger partial charge < -0.3 is 4.74 Å². The van der Waals surface area contributed by atoms with E-state index in [4.69, 9.17) is 4.74 Å². The van der Waals surface area contributed by atoms with Crippen molar-refractivity contribution in [2.75, 3.05) is 14.2 Å². The van der Waals surface area contributed by atoms with Crippen molar-refractivity contribution in [2.24, 2.45) is 5.92 Å². The lowest BCUT2D eigenvalue weighted by Crippen LogP contribution is -2.33. The van der Waals surface area contributed by atoms with Crippen molar-refractivity contribution in [3.63, 3.8) is 0 Å². The zero-order chi connectivity index (χ0) is 12.7. The summed E-state index contributed by atoms with van der Waals surface area (Å²) in [4.78, 5) is 14.5. The summed E-state index contributed by atoms with van der Waals surface area (Å²) in [6.45, 7) is 0. The maximum Gasteiger partial charge on any atom is 0.310 e. The molecule has 18 heavy (non-hydrogen) atoms. The third kappa shape index (κ3) is 1.57. The predicted molar refractivity (Wildman–Crippen MR) is 69.3 cm³/mol. The predicted octanol–water partition coefficient (Wildman–Crippen LogP) is 2.04. The van der Waals surface area contributed by atoms with Gasteiger partial charge in [0.25, 0.3) is 0 Å². The fourth-order valence-corrected chi connectivity index (χ4v) is 3.88. The summed E-state index contributed by atoms with van der Waals surface area (Å²) in [5.74, 6) is 0.242. The Morgan fingerprint density at radius 1 is 1.22 bits per heavy atom. The first kappa shape index (κ1) is 11.7. The van der Waals surface area contributed by atoms with E-state index in [9.17, 15) is 4.79 Å². The quantitative estimate of drug-likeness (QED) is 0.747. The average Bonchev–Trinajstić information content (AvgIpc) is 2.92. The molecule has 0 unspecified atom stereocenters. The highest BCUT2D eigenvalue weighted by Gasteiger charge is 2.55. The van der Waals surface area contributed by atoms with Crippen molar-refractivity contribution in [2.45, 2.75) is 30.8 Å². The van der Waals surface area contributed by atoms with Gasteiger partial charge in [-0.1, -0.05) is 30.3 Å². The molecule has 0 amide bonds. The Morgan fingerprint density at radius 2 is 1.89 bits per heavy atom. The van der Waals surface area contributed by atoms with Gasteiger partial charge in [0.05, 0.1) is 13.0 Å². The molecule has 96 valence electrons. The van der Waals surface area contributed by atoms with E-state index in [-0.39, 0.29) is 11.9 Å². The normalized spacial score (nSPS) is 34.8. The Balaban J connectivity index is 1.98. The van der Waals surface area contributed by atoms with Crippen LogP contribution in [0, 0.1) is 5.92 Å². The van der Waals surface area contributed by atoms with Gasteiger partial charge in [-0.2, -0.15) is 0 Å². The van der Waals surface area contributed by atoms with Crippen LogP contribution in [0.4, 0.5) is 0 Å². The Morgan fingerprint density at radius 3 is 2.56 bits per heavy atom. The van der Waals surface area contributed by atoms with E-state index in [0.29, 0.717) is 18.0 Å². The second kappa shape index (κ2) is 4.39. The lowest BCUT2D eigenvalue weighted by molar-refractivity contribution is -0.147. The molecule has 4 atom stereocenters. The lowest BCUT2D eigenvalue weighted by Gasteiger charge is -2.27. The molecule has 2 saturated heterocycles. The molecule has 0 saturated carbocycles. The van der Waals surface area contributed by atoms with Crippen LogP contribution in [0.15, 0.2) is 30.3 Å². The van der Waals surface area contributed by atoms with Crippen LogP contribution in [0.5, 0.6) is 0 Å². The Hall–Kier alpha value is -1.35. The van der Waals surface area contributed by atoms with Crippen LogP contribution in [0.2, 0.25) is 0 Å². The topological polar surface area (TPSA) is 29.5 Å². The summed E-state index contributed by atoms with van der Waals surface area (Å²) in [6, 6.07) is 11.2. The molecule has 1 aromatic rings. The van der Waals surface area contributed by atoms with Gasteiger partial charge in [-0.15, -0.1) is 0 Å². The number of hydrogen-bond donors (Lipinski definition) is 0. The van der Waals surface area contributed by atoms with Crippen LogP contribution in [-0.2, 0) is 9.53 Å². The number of nitrogens with zero attached hydrogens (tertiary/aromatic N) is 1. The van der Waals surface area contributed by atoms with Crippen LogP contribution in [0.1, 0.15) is 24.3 Å². The van der Waals surface area contributed by atoms with Crippen molar-refractivity contribution in [3.8, 4) is 0 Å². The van der Waals surface area contributed by atoms with Gasteiger partial charge in [-0.05, 0) is 25.5 Å². The van der Waals surface area contributed by atoms with E-state index in [1.165, 1.54) is 19.1 Å². The molecule has 0 aliphatic carbocycles. The number of likely N-dealkylation sites (N-methyl/N-ethyl adjacent to an activating group) is 1. The smallest absolute Gasteiger partial charge is 0.310 e. The molecule has 2 heterocycles. The van der Waals surface area contributed by atoms with E-state index in [1.807, 2.05) is 6.07 Å². The van der Waals surface area contributed by atoms with Gasteiger partial charge in [0.15, 0.2) is 0 Å². The molecule has 0 radical (unpaired) electrons. The van der Waals surface area contributed by atoms with Gasteiger partial charge in [0.2, 0.25) is 0 Å². The molecule has 3 rings (SSSR count). The summed E-state index contributed by atoms with van der Waals surface area (Å²) in [7, 11) is 3.64. The summed E-state index contributed by atoms with van der Waals surface area (Å²) in [5, 5.41) is 0. The van der Waals surface area contributed by atoms with E-state index in [0.717, 1.165) is 6.42 Å². The highest BCUT2D eigenvalue weighted by atomic mass is 16.5. The molecule has 2 aliphatic rings. The Bertz CT molecular complexity index is 445. The van der Waals surface area contributed by atoms with Crippen LogP contribution >= 0.6 is 0 Å². The second-order valence-electron chi connectivity index (χ2n) is 5.36. The van der Waals surface area contributed by atoms with Gasteiger partial charge in [0, 0.05) is 18.0 Å². The number of carbonyl (C=O) groups is 1. The molecule has 2 fully saturated rings. The molecule has 3 nitrogen and oxygen atoms in total. The first-order valence-electron chi connectivity index (χ1n) is 6.58. The molecule has 2 bridgehead atoms. The van der Waals surface area contributed by atoms with E-state index in [1.54, 1.807) is 0 Å². The number of ether oxygens (including phenoxy) is 1. The van der Waals surface area contributed by atoms with E-state index < -0.39 is 0 Å². The number of hydrogen-bond acceptors (Lipinski definition) is 3. The van der Waals surface area contributed by atoms with Crippen molar-refractivity contribution < 1.29 is 9.53 Å². The standard InChI is InChI=1S/C15H19NO2/c1-16-11-8-9-12(16)14(15(17)18-2)13(11)10-6-4-3-5-7-10/h3-7,11-14H,8-9H2,1-2H3/t11-,12+,13-,14+/m0/s1. The molecular weight excluding hydrogens is 226 g/mol. The van der Waals surface area contributed by atoms with Crippen LogP contribution in [0.25, 0.3) is 0 Å². The summed E-state index contributed by atoms with van der Waals surface area (Å²) in [5.41, 5.74) is 1.27. The monoisotopic (exact) mass is 245 g/mol. The first-order chi connectivity index (χ1) is 8.74. The second-order valence-corrected chi connectivity index (χ2v) is 5.36. The third-order valence-electron chi connectivity index (χ3n) is 4.68. The minimum Gasteiger partial charge on any atom is -0.469 e. The van der Waals surface area contributed by atoms with Crippen LogP contribution < -0.4 is 0 Å². The zero-order valence-corrected chi connectivity index (χ0v) is 10.9. The van der Waals surface area contributed by atoms with Crippen molar-refractivity contribution in [1.82, 2.24) is 4.90 Å². The van der Waals surface area contributed by atoms with Crippen molar-refractivity contribution in [3.05, 3.63) is 35.9 Å². The van der Waals surface area contributed by atoms with Crippen LogP contribution in [-0.4, -0.2) is 37.1 Å². The fraction of sp³-hybridized carbons (Fsp3) is 0.533. The molecule has 0 N–H and O–H groups in total. The van der Waals surface area contributed by atoms with Gasteiger partial charge in [0.1, 0.15) is 0 Å². The number of methoxy groups -OCH3 is 1. The number of fused-ring (bicyclic) bond motifs is 2. The maximum atomic E-state index is 12.1. The van der Waals surface area contributed by atoms with E-state index in [2.05, 4.69) is 36.2 Å². The molecular formula is C15H19NO2. The zero-order valence-electron chi connectivity index (χ0n) is 10.9. The SMILES string of the molecule is COC(=O)[C@H]1[C@@H](c2ccccc2)[C@@H]2CC[C@H]1N2C. The largest absolute Gasteiger partial charge is 0.469 e. The maximum absolute atomic E-state index is 12.1.